The van der Waals surface area contributed by atoms with Gasteiger partial charge in [0.05, 0.1) is 17.1 Å². The maximum absolute atomic E-state index is 12.3. The molecule has 0 aromatic heterocycles. The van der Waals surface area contributed by atoms with Gasteiger partial charge in [-0.05, 0) is 25.7 Å². The second-order valence-electron chi connectivity index (χ2n) is 6.30. The largest absolute Gasteiger partial charge is 0.486 e. The molecular weight excluding hydrogens is 358 g/mol. The summed E-state index contributed by atoms with van der Waals surface area (Å²) >= 11 is 0. The molecule has 0 spiro atoms. The van der Waals surface area contributed by atoms with Gasteiger partial charge < -0.3 is 19.5 Å². The number of nitrogens with zero attached hydrogens (tertiary/aromatic N) is 2. The van der Waals surface area contributed by atoms with E-state index in [4.69, 9.17) is 14.2 Å². The second kappa shape index (κ2) is 7.49. The number of esters is 1. The highest BCUT2D eigenvalue weighted by Gasteiger charge is 2.35. The van der Waals surface area contributed by atoms with Crippen LogP contribution in [0.15, 0.2) is 12.1 Å². The van der Waals surface area contributed by atoms with E-state index < -0.39 is 34.6 Å². The molecule has 1 aliphatic heterocycles. The Morgan fingerprint density at radius 2 is 1.89 bits per heavy atom. The summed E-state index contributed by atoms with van der Waals surface area (Å²) in [7, 11) is 0. The van der Waals surface area contributed by atoms with Gasteiger partial charge >= 0.3 is 5.97 Å². The average molecular weight is 375 g/mol. The van der Waals surface area contributed by atoms with Crippen molar-refractivity contribution in [2.75, 3.05) is 19.8 Å². The number of fused-ring (bicyclic) bond motifs is 1. The molecule has 1 N–H and O–H groups in total. The first-order valence-corrected chi connectivity index (χ1v) is 8.41. The number of hydrogen-bond acceptors (Lipinski definition) is 8. The van der Waals surface area contributed by atoms with Gasteiger partial charge in [0.15, 0.2) is 18.1 Å². The highest BCUT2D eigenvalue weighted by atomic mass is 16.6. The van der Waals surface area contributed by atoms with Crippen LogP contribution >= 0.6 is 0 Å². The topological polar surface area (TPSA) is 141 Å². The monoisotopic (exact) mass is 375 g/mol. The lowest BCUT2D eigenvalue weighted by atomic mass is 10.00. The van der Waals surface area contributed by atoms with Crippen LogP contribution in [0.4, 0.5) is 5.69 Å². The van der Waals surface area contributed by atoms with E-state index in [0.29, 0.717) is 12.8 Å². The number of nitro groups is 1. The van der Waals surface area contributed by atoms with Crippen LogP contribution in [0.1, 0.15) is 36.0 Å². The normalized spacial score (nSPS) is 16.9. The van der Waals surface area contributed by atoms with Crippen LogP contribution in [-0.4, -0.2) is 42.2 Å². The van der Waals surface area contributed by atoms with Crippen LogP contribution in [0.3, 0.4) is 0 Å². The molecule has 0 radical (unpaired) electrons. The van der Waals surface area contributed by atoms with E-state index in [2.05, 4.69) is 11.4 Å². The molecule has 1 heterocycles. The summed E-state index contributed by atoms with van der Waals surface area (Å²) in [6.45, 7) is -0.152. The second-order valence-corrected chi connectivity index (χ2v) is 6.30. The molecule has 2 aliphatic rings. The van der Waals surface area contributed by atoms with Gasteiger partial charge in [0.1, 0.15) is 24.3 Å². The molecule has 27 heavy (non-hydrogen) atoms. The summed E-state index contributed by atoms with van der Waals surface area (Å²) in [5, 5.41) is 23.1. The van der Waals surface area contributed by atoms with Crippen molar-refractivity contribution in [1.82, 2.24) is 5.32 Å². The number of nitriles is 1. The van der Waals surface area contributed by atoms with Crippen molar-refractivity contribution in [1.29, 1.82) is 5.26 Å². The predicted octanol–water partition coefficient (Wildman–Crippen LogP) is 1.48. The lowest BCUT2D eigenvalue weighted by molar-refractivity contribution is -0.385. The molecule has 1 amide bonds. The standard InChI is InChI=1S/C17H17N3O7/c18-10-17(3-1-2-4-17)19-15(21)9-27-16(22)11-7-13-14(26-6-5-25-13)8-12(11)20(23)24/h7-8H,1-6,9H2,(H,19,21). The van der Waals surface area contributed by atoms with Crippen LogP contribution in [0, 0.1) is 21.4 Å². The van der Waals surface area contributed by atoms with E-state index in [1.165, 1.54) is 6.07 Å². The number of benzene rings is 1. The number of ether oxygens (including phenoxy) is 3. The molecule has 1 aromatic rings. The first-order chi connectivity index (χ1) is 12.9. The highest BCUT2D eigenvalue weighted by molar-refractivity contribution is 5.96. The zero-order chi connectivity index (χ0) is 19.4. The SMILES string of the molecule is N#CC1(NC(=O)COC(=O)c2cc3c(cc2[N+](=O)[O-])OCCO3)CCCC1. The molecule has 1 aliphatic carbocycles. The fraction of sp³-hybridized carbons (Fsp3) is 0.471. The number of hydrogen-bond donors (Lipinski definition) is 1. The van der Waals surface area contributed by atoms with E-state index in [1.807, 2.05) is 0 Å². The van der Waals surface area contributed by atoms with Crippen LogP contribution in [0.5, 0.6) is 11.5 Å². The maximum Gasteiger partial charge on any atom is 0.345 e. The summed E-state index contributed by atoms with van der Waals surface area (Å²) < 4.78 is 15.5. The smallest absolute Gasteiger partial charge is 0.345 e. The molecular formula is C17H17N3O7. The minimum Gasteiger partial charge on any atom is -0.486 e. The molecule has 142 valence electrons. The van der Waals surface area contributed by atoms with Gasteiger partial charge in [0.2, 0.25) is 0 Å². The van der Waals surface area contributed by atoms with Crippen LogP contribution < -0.4 is 14.8 Å². The molecule has 3 rings (SSSR count). The number of rotatable bonds is 5. The van der Waals surface area contributed by atoms with Crippen LogP contribution in [0.2, 0.25) is 0 Å². The van der Waals surface area contributed by atoms with Crippen molar-refractivity contribution < 1.29 is 28.7 Å². The zero-order valence-corrected chi connectivity index (χ0v) is 14.4. The van der Waals surface area contributed by atoms with Gasteiger partial charge in [-0.3, -0.25) is 14.9 Å². The number of amides is 1. The first-order valence-electron chi connectivity index (χ1n) is 8.41. The Labute approximate surface area is 154 Å². The van der Waals surface area contributed by atoms with E-state index in [-0.39, 0.29) is 30.3 Å². The Morgan fingerprint density at radius 3 is 2.48 bits per heavy atom. The number of carbonyl (C=O) groups is 2. The van der Waals surface area contributed by atoms with E-state index >= 15 is 0 Å². The summed E-state index contributed by atoms with van der Waals surface area (Å²) in [5.41, 5.74) is -1.78. The first kappa shape index (κ1) is 18.4. The van der Waals surface area contributed by atoms with E-state index in [0.717, 1.165) is 18.9 Å². The van der Waals surface area contributed by atoms with Crippen LogP contribution in [0.25, 0.3) is 0 Å². The highest BCUT2D eigenvalue weighted by Crippen LogP contribution is 2.37. The van der Waals surface area contributed by atoms with Crippen molar-refractivity contribution in [2.24, 2.45) is 0 Å². The molecule has 1 saturated carbocycles. The lowest BCUT2D eigenvalue weighted by Crippen LogP contribution is -2.46. The van der Waals surface area contributed by atoms with E-state index in [9.17, 15) is 25.0 Å². The number of carbonyl (C=O) groups excluding carboxylic acids is 2. The van der Waals surface area contributed by atoms with Crippen molar-refractivity contribution in [3.05, 3.63) is 27.8 Å². The number of nitrogens with one attached hydrogen (secondary N) is 1. The van der Waals surface area contributed by atoms with Crippen molar-refractivity contribution in [2.45, 2.75) is 31.2 Å². The quantitative estimate of drug-likeness (QED) is 0.463. The van der Waals surface area contributed by atoms with Gasteiger partial charge in [-0.1, -0.05) is 0 Å². The van der Waals surface area contributed by atoms with Crippen molar-refractivity contribution in [3.63, 3.8) is 0 Å². The predicted molar refractivity (Wildman–Crippen MR) is 89.3 cm³/mol. The fourth-order valence-corrected chi connectivity index (χ4v) is 3.15. The van der Waals surface area contributed by atoms with Crippen molar-refractivity contribution in [3.8, 4) is 17.6 Å². The van der Waals surface area contributed by atoms with Gasteiger partial charge in [0, 0.05) is 6.07 Å². The van der Waals surface area contributed by atoms with Gasteiger partial charge in [0.25, 0.3) is 11.6 Å². The lowest BCUT2D eigenvalue weighted by Gasteiger charge is -2.21. The van der Waals surface area contributed by atoms with Gasteiger partial charge in [-0.2, -0.15) is 5.26 Å². The third-order valence-electron chi connectivity index (χ3n) is 4.46. The molecule has 10 heteroatoms. The molecule has 0 unspecified atom stereocenters. The molecule has 0 bridgehead atoms. The Bertz CT molecular complexity index is 825. The Balaban J connectivity index is 1.69. The molecule has 1 fully saturated rings. The summed E-state index contributed by atoms with van der Waals surface area (Å²) in [6, 6.07) is 4.35. The Hall–Kier alpha value is -3.35. The summed E-state index contributed by atoms with van der Waals surface area (Å²) in [5.74, 6) is -1.31. The number of nitro benzene ring substituents is 1. The Morgan fingerprint density at radius 1 is 1.26 bits per heavy atom. The zero-order valence-electron chi connectivity index (χ0n) is 14.4. The average Bonchev–Trinajstić information content (AvgIpc) is 3.13. The minimum absolute atomic E-state index is 0.166. The van der Waals surface area contributed by atoms with Crippen LogP contribution in [-0.2, 0) is 9.53 Å². The summed E-state index contributed by atoms with van der Waals surface area (Å²) in [6.07, 6.45) is 2.74. The molecule has 0 saturated heterocycles. The molecule has 0 atom stereocenters. The minimum atomic E-state index is -1.04. The fourth-order valence-electron chi connectivity index (χ4n) is 3.15. The molecule has 10 nitrogen and oxygen atoms in total. The molecule has 1 aromatic carbocycles. The maximum atomic E-state index is 12.3. The van der Waals surface area contributed by atoms with Gasteiger partial charge in [-0.15, -0.1) is 0 Å². The van der Waals surface area contributed by atoms with E-state index in [1.54, 1.807) is 0 Å². The van der Waals surface area contributed by atoms with Crippen molar-refractivity contribution >= 4 is 17.6 Å². The van der Waals surface area contributed by atoms with Gasteiger partial charge in [-0.25, -0.2) is 4.79 Å². The third kappa shape index (κ3) is 3.92. The Kier molecular flexibility index (Phi) is 5.12. The third-order valence-corrected chi connectivity index (χ3v) is 4.46. The summed E-state index contributed by atoms with van der Waals surface area (Å²) in [4.78, 5) is 34.8.